The van der Waals surface area contributed by atoms with Crippen LogP contribution in [-0.4, -0.2) is 74.7 Å². The third kappa shape index (κ3) is 1030. The molecule has 102 valence electrons. The maximum Gasteiger partial charge on any atom is 3.00 e. The topological polar surface area (TPSA) is 181 Å². The Bertz CT molecular complexity index is 127. The first-order chi connectivity index (χ1) is 5.20. The Balaban J connectivity index is -0.0000000104. The molecular weight excluding hydrogens is 401 g/mol. The molecule has 0 fully saturated rings. The van der Waals surface area contributed by atoms with E-state index < -0.39 is 34.1 Å². The third-order valence-corrected chi connectivity index (χ3v) is 0. The minimum atomic E-state index is -2.86. The first-order valence-corrected chi connectivity index (χ1v) is 4.64. The zero-order chi connectivity index (χ0) is 10.7. The fourth-order valence-corrected chi connectivity index (χ4v) is 0. The van der Waals surface area contributed by atoms with Crippen LogP contribution in [0.1, 0.15) is 0 Å². The number of hydrogen-bond donors (Lipinski definition) is 3. The van der Waals surface area contributed by atoms with E-state index in [1.165, 1.54) is 0 Å². The van der Waals surface area contributed by atoms with Crippen molar-refractivity contribution < 1.29 is 77.2 Å². The van der Waals surface area contributed by atoms with Crippen LogP contribution < -0.4 is 37.2 Å². The first kappa shape index (κ1) is 50.7. The summed E-state index contributed by atoms with van der Waals surface area (Å²) in [6, 6.07) is 0. The zero-order valence-electron chi connectivity index (χ0n) is 7.30. The summed E-state index contributed by atoms with van der Waals surface area (Å²) in [4.78, 5) is 0. The summed E-state index contributed by atoms with van der Waals surface area (Å²) in [6.07, 6.45) is 0. The molecule has 3 N–H and O–H groups in total. The second-order valence-electron chi connectivity index (χ2n) is 0.651. The standard InChI is InChI=1S/2Al.3ClH.3H2O3S/c;;;;;3*1-4(2)3/h;;3*1H;3*(H2,1,2,3)/q2*+3;;;;;;/p-6. The van der Waals surface area contributed by atoms with Gasteiger partial charge in [-0.25, -0.2) is 12.6 Å². The molecule has 3 unspecified atom stereocenters. The molecule has 0 aromatic heterocycles. The van der Waals surface area contributed by atoms with Crippen molar-refractivity contribution in [1.82, 2.24) is 0 Å². The normalized spacial score (nSPS) is 10.9. The van der Waals surface area contributed by atoms with Gasteiger partial charge in [0.1, 0.15) is 0 Å². The van der Waals surface area contributed by atoms with E-state index in [4.69, 9.17) is 39.9 Å². The Morgan fingerprint density at radius 2 is 0.588 bits per heavy atom. The molecular formula is H3Al2Cl3O9S3. The van der Waals surface area contributed by atoms with Crippen LogP contribution in [0, 0.1) is 0 Å². The van der Waals surface area contributed by atoms with Crippen LogP contribution in [0.25, 0.3) is 0 Å². The van der Waals surface area contributed by atoms with Gasteiger partial charge in [-0.2, -0.15) is 0 Å². The molecule has 0 aromatic carbocycles. The van der Waals surface area contributed by atoms with Gasteiger partial charge in [-0.3, -0.25) is 0 Å². The van der Waals surface area contributed by atoms with Gasteiger partial charge < -0.3 is 64.5 Å². The van der Waals surface area contributed by atoms with Crippen LogP contribution in [0.2, 0.25) is 0 Å². The van der Waals surface area contributed by atoms with Crippen molar-refractivity contribution >= 4 is 68.8 Å². The van der Waals surface area contributed by atoms with Gasteiger partial charge in [-0.15, -0.1) is 0 Å². The maximum absolute atomic E-state index is 8.56. The van der Waals surface area contributed by atoms with Gasteiger partial charge in [0.05, 0.1) is 34.1 Å². The van der Waals surface area contributed by atoms with Gasteiger partial charge in [0, 0.05) is 0 Å². The van der Waals surface area contributed by atoms with Crippen molar-refractivity contribution in [3.63, 3.8) is 0 Å². The zero-order valence-corrected chi connectivity index (χ0v) is 14.3. The minimum absolute atomic E-state index is 0. The second-order valence-corrected chi connectivity index (χ2v) is 1.95. The fourth-order valence-electron chi connectivity index (χ4n) is 0. The molecule has 0 radical (unpaired) electrons. The first-order valence-electron chi connectivity index (χ1n) is 1.55. The van der Waals surface area contributed by atoms with Crippen molar-refractivity contribution in [1.29, 1.82) is 0 Å². The van der Waals surface area contributed by atoms with E-state index in [2.05, 4.69) is 0 Å². The van der Waals surface area contributed by atoms with Crippen LogP contribution >= 0.6 is 0 Å². The van der Waals surface area contributed by atoms with Gasteiger partial charge in [0.15, 0.2) is 0 Å². The molecule has 0 amide bonds. The van der Waals surface area contributed by atoms with Crippen LogP contribution in [-0.2, 0) is 34.1 Å². The van der Waals surface area contributed by atoms with E-state index in [1.54, 1.807) is 0 Å². The summed E-state index contributed by atoms with van der Waals surface area (Å²) in [7, 11) is 0. The van der Waals surface area contributed by atoms with Crippen LogP contribution in [0.4, 0.5) is 0 Å². The predicted octanol–water partition coefficient (Wildman–Crippen LogP) is -11.7. The number of rotatable bonds is 0. The average Bonchev–Trinajstić information content (AvgIpc) is 1.54. The molecule has 0 aliphatic heterocycles. The molecule has 0 saturated heterocycles. The molecule has 0 rings (SSSR count). The van der Waals surface area contributed by atoms with Gasteiger partial charge in [-0.1, -0.05) is 0 Å². The summed E-state index contributed by atoms with van der Waals surface area (Å²) in [5, 5.41) is 0. The van der Waals surface area contributed by atoms with Gasteiger partial charge in [-0.05, 0) is 0 Å². The Morgan fingerprint density at radius 1 is 0.588 bits per heavy atom. The van der Waals surface area contributed by atoms with Crippen molar-refractivity contribution in [3.05, 3.63) is 0 Å². The maximum atomic E-state index is 8.56. The van der Waals surface area contributed by atoms with Crippen LogP contribution in [0.3, 0.4) is 0 Å². The van der Waals surface area contributed by atoms with E-state index in [0.717, 1.165) is 0 Å². The molecule has 0 spiro atoms. The Labute approximate surface area is 145 Å². The SMILES string of the molecule is O=S([O-])O.O=S([O-])O.O=S([O-])O.[Al+3].[Al+3].[Cl-].[Cl-].[Cl-]. The molecule has 17 heavy (non-hydrogen) atoms. The summed E-state index contributed by atoms with van der Waals surface area (Å²) in [6.45, 7) is 0. The number of hydrogen-bond acceptors (Lipinski definition) is 6. The van der Waals surface area contributed by atoms with E-state index in [0.29, 0.717) is 0 Å². The Kier molecular flexibility index (Phi) is 128. The Morgan fingerprint density at radius 3 is 0.588 bits per heavy atom. The largest absolute Gasteiger partial charge is 3.00 e. The Hall–Kier alpha value is 2.14. The summed E-state index contributed by atoms with van der Waals surface area (Å²) in [5.74, 6) is 0. The van der Waals surface area contributed by atoms with E-state index >= 15 is 0 Å². The summed E-state index contributed by atoms with van der Waals surface area (Å²) in [5.41, 5.74) is 0. The van der Waals surface area contributed by atoms with Crippen molar-refractivity contribution in [2.24, 2.45) is 0 Å². The molecule has 0 aliphatic rings. The molecule has 0 heterocycles. The molecule has 17 heteroatoms. The molecule has 0 aliphatic carbocycles. The minimum Gasteiger partial charge on any atom is -1.00 e. The van der Waals surface area contributed by atoms with Crippen molar-refractivity contribution in [3.8, 4) is 0 Å². The summed E-state index contributed by atoms with van der Waals surface area (Å²) >= 11 is -8.58. The second kappa shape index (κ2) is 42.9. The molecule has 9 nitrogen and oxygen atoms in total. The quantitative estimate of drug-likeness (QED) is 0.261. The van der Waals surface area contributed by atoms with Crippen LogP contribution in [0.5, 0.6) is 0 Å². The third-order valence-electron chi connectivity index (χ3n) is 0. The van der Waals surface area contributed by atoms with E-state index in [-0.39, 0.29) is 71.9 Å². The van der Waals surface area contributed by atoms with Crippen LogP contribution in [0.15, 0.2) is 0 Å². The molecule has 0 bridgehead atoms. The van der Waals surface area contributed by atoms with Gasteiger partial charge >= 0.3 is 34.7 Å². The van der Waals surface area contributed by atoms with E-state index in [1.807, 2.05) is 0 Å². The van der Waals surface area contributed by atoms with Crippen molar-refractivity contribution in [2.75, 3.05) is 0 Å². The fraction of sp³-hybridized carbons (Fsp3) is 0. The molecule has 3 atom stereocenters. The molecule has 0 aromatic rings. The smallest absolute Gasteiger partial charge is 1.00 e. The monoisotopic (exact) mass is 402 g/mol. The predicted molar refractivity (Wildman–Crippen MR) is 46.2 cm³/mol. The average molecular weight is 404 g/mol. The van der Waals surface area contributed by atoms with Crippen molar-refractivity contribution in [2.45, 2.75) is 0 Å². The number of halogens is 3. The molecule has 0 saturated carbocycles. The van der Waals surface area contributed by atoms with Gasteiger partial charge in [0.2, 0.25) is 0 Å². The summed E-state index contributed by atoms with van der Waals surface area (Å²) < 4.78 is 72.2. The van der Waals surface area contributed by atoms with Gasteiger partial charge in [0.25, 0.3) is 0 Å². The van der Waals surface area contributed by atoms with E-state index in [9.17, 15) is 0 Å².